The maximum Gasteiger partial charge on any atom is 0.412 e. The number of thioether (sulfide) groups is 1. The average Bonchev–Trinajstić information content (AvgIpc) is 3.40. The van der Waals surface area contributed by atoms with Crippen LogP contribution in [0.4, 0.5) is 9.80 Å². The number of nitrogens with one attached hydrogen (secondary N) is 1. The number of thiophene rings is 1. The van der Waals surface area contributed by atoms with Crippen molar-refractivity contribution in [2.45, 2.75) is 64.4 Å². The second kappa shape index (κ2) is 12.6. The predicted molar refractivity (Wildman–Crippen MR) is 161 cm³/mol. The minimum Gasteiger partial charge on any atom is -0.492 e. The van der Waals surface area contributed by atoms with Crippen LogP contribution in [0, 0.1) is 24.2 Å². The highest BCUT2D eigenvalue weighted by Crippen LogP contribution is 2.39. The molecule has 1 aromatic heterocycles. The van der Waals surface area contributed by atoms with Gasteiger partial charge >= 0.3 is 6.09 Å². The Labute approximate surface area is 240 Å². The first-order valence-electron chi connectivity index (χ1n) is 13.4. The smallest absolute Gasteiger partial charge is 0.412 e. The van der Waals surface area contributed by atoms with Gasteiger partial charge in [-0.1, -0.05) is 24.4 Å². The molecule has 0 aliphatic carbocycles. The first-order valence-corrected chi connectivity index (χ1v) is 15.1. The summed E-state index contributed by atoms with van der Waals surface area (Å²) >= 11 is 3.21. The maximum absolute atomic E-state index is 12.3. The van der Waals surface area contributed by atoms with Gasteiger partial charge in [0.05, 0.1) is 22.7 Å². The molecule has 0 spiro atoms. The van der Waals surface area contributed by atoms with Crippen molar-refractivity contribution in [2.75, 3.05) is 38.6 Å². The normalized spacial score (nSPS) is 20.3. The van der Waals surface area contributed by atoms with Crippen LogP contribution in [0.25, 0.3) is 5.76 Å². The molecular formula is C29H39N5O3S2. The number of hydrogen-bond acceptors (Lipinski definition) is 9. The van der Waals surface area contributed by atoms with E-state index in [0.29, 0.717) is 28.8 Å². The van der Waals surface area contributed by atoms with Crippen molar-refractivity contribution in [1.82, 2.24) is 9.80 Å². The van der Waals surface area contributed by atoms with E-state index in [2.05, 4.69) is 52.1 Å². The minimum absolute atomic E-state index is 0.288. The fourth-order valence-corrected chi connectivity index (χ4v) is 7.15. The number of allylic oxidation sites excluding steroid dienone is 1. The van der Waals surface area contributed by atoms with E-state index in [4.69, 9.17) is 9.47 Å². The molecule has 39 heavy (non-hydrogen) atoms. The third-order valence-corrected chi connectivity index (χ3v) is 9.41. The topological polar surface area (TPSA) is 90.2 Å². The number of anilines is 1. The summed E-state index contributed by atoms with van der Waals surface area (Å²) in [7, 11) is 2.14. The lowest BCUT2D eigenvalue weighted by Gasteiger charge is -2.32. The molecular weight excluding hydrogens is 530 g/mol. The summed E-state index contributed by atoms with van der Waals surface area (Å²) in [6.45, 7) is 15.0. The van der Waals surface area contributed by atoms with Gasteiger partial charge in [0.25, 0.3) is 0 Å². The number of nitriles is 1. The Balaban J connectivity index is 1.24. The quantitative estimate of drug-likeness (QED) is 0.354. The molecule has 0 bridgehead atoms. The number of amides is 1. The molecule has 210 valence electrons. The lowest BCUT2D eigenvalue weighted by molar-refractivity contribution is 0.0636. The monoisotopic (exact) mass is 569 g/mol. The van der Waals surface area contributed by atoms with Gasteiger partial charge in [0, 0.05) is 30.9 Å². The molecule has 1 aromatic rings. The Morgan fingerprint density at radius 2 is 2.05 bits per heavy atom. The number of aliphatic imine (C=N–C) groups is 1. The number of likely N-dealkylation sites (tertiary alicyclic amines) is 1. The molecule has 1 N–H and O–H groups in total. The number of piperidine rings is 1. The molecule has 1 amide bonds. The van der Waals surface area contributed by atoms with Crippen molar-refractivity contribution in [3.63, 3.8) is 0 Å². The van der Waals surface area contributed by atoms with E-state index in [9.17, 15) is 10.1 Å². The molecule has 1 fully saturated rings. The van der Waals surface area contributed by atoms with E-state index in [1.54, 1.807) is 20.8 Å². The minimum atomic E-state index is -0.623. The van der Waals surface area contributed by atoms with Gasteiger partial charge < -0.3 is 14.4 Å². The first-order chi connectivity index (χ1) is 18.5. The summed E-state index contributed by atoms with van der Waals surface area (Å²) in [5.74, 6) is 0.991. The van der Waals surface area contributed by atoms with Crippen molar-refractivity contribution < 1.29 is 14.3 Å². The molecule has 0 radical (unpaired) electrons. The zero-order valence-corrected chi connectivity index (χ0v) is 25.2. The van der Waals surface area contributed by atoms with Crippen molar-refractivity contribution >= 4 is 46.2 Å². The number of hydrogen-bond donors (Lipinski definition) is 1. The van der Waals surface area contributed by atoms with Gasteiger partial charge in [-0.3, -0.25) is 15.2 Å². The van der Waals surface area contributed by atoms with Gasteiger partial charge in [0.15, 0.2) is 0 Å². The number of ether oxygens (including phenoxy) is 2. The summed E-state index contributed by atoms with van der Waals surface area (Å²) in [6, 6.07) is 2.19. The molecule has 4 rings (SSSR count). The SMILES string of the molecule is C=C(OCC1CCN(CC2=CN(C)C(C3=CCCC=N3)S2)CC1)c1sc(NC(=O)OC(C)(C)C)c(C#N)c1C. The predicted octanol–water partition coefficient (Wildman–Crippen LogP) is 6.57. The van der Waals surface area contributed by atoms with Crippen LogP contribution < -0.4 is 5.32 Å². The van der Waals surface area contributed by atoms with Gasteiger partial charge in [-0.2, -0.15) is 5.26 Å². The zero-order valence-electron chi connectivity index (χ0n) is 23.6. The van der Waals surface area contributed by atoms with Crippen LogP contribution in [-0.2, 0) is 9.47 Å². The van der Waals surface area contributed by atoms with Gasteiger partial charge in [0.2, 0.25) is 0 Å². The Morgan fingerprint density at radius 3 is 2.69 bits per heavy atom. The van der Waals surface area contributed by atoms with E-state index in [0.717, 1.165) is 55.8 Å². The Bertz CT molecular complexity index is 1210. The van der Waals surface area contributed by atoms with Crippen LogP contribution in [0.5, 0.6) is 0 Å². The van der Waals surface area contributed by atoms with Crippen LogP contribution in [0.15, 0.2) is 34.4 Å². The molecule has 1 atom stereocenters. The summed E-state index contributed by atoms with van der Waals surface area (Å²) in [4.78, 5) is 23.8. The molecule has 0 aromatic carbocycles. The molecule has 3 aliphatic rings. The van der Waals surface area contributed by atoms with Gasteiger partial charge in [-0.25, -0.2) is 4.79 Å². The Kier molecular flexibility index (Phi) is 9.47. The lowest BCUT2D eigenvalue weighted by atomic mass is 9.98. The van der Waals surface area contributed by atoms with E-state index < -0.39 is 11.7 Å². The second-order valence-electron chi connectivity index (χ2n) is 11.2. The number of nitrogens with zero attached hydrogens (tertiary/aromatic N) is 4. The molecule has 1 saturated heterocycles. The Hall–Kier alpha value is -2.74. The van der Waals surface area contributed by atoms with E-state index >= 15 is 0 Å². The Morgan fingerprint density at radius 1 is 1.31 bits per heavy atom. The van der Waals surface area contributed by atoms with Crippen LogP contribution in [-0.4, -0.2) is 66.4 Å². The van der Waals surface area contributed by atoms with Crippen molar-refractivity contribution in [2.24, 2.45) is 10.9 Å². The number of carbonyl (C=O) groups is 1. The first kappa shape index (κ1) is 29.2. The molecule has 1 unspecified atom stereocenters. The standard InChI is InChI=1S/C29H39N5O3S2/c1-19-23(15-30)26(32-28(35)37-29(3,4)5)39-25(19)20(2)36-18-21-10-13-34(14-11-21)17-22-16-33(6)27(38-22)24-9-7-8-12-31-24/h9,12,16,21,27H,2,7-8,10-11,13-14,17-18H2,1,3-6H3,(H,32,35). The summed E-state index contributed by atoms with van der Waals surface area (Å²) < 4.78 is 11.5. The number of rotatable bonds is 8. The molecule has 0 saturated carbocycles. The largest absolute Gasteiger partial charge is 0.492 e. The fraction of sp³-hybridized carbons (Fsp3) is 0.552. The number of carbonyl (C=O) groups excluding carboxylic acids is 1. The summed E-state index contributed by atoms with van der Waals surface area (Å²) in [6.07, 6.45) is 10.2. The highest BCUT2D eigenvalue weighted by atomic mass is 32.2. The summed E-state index contributed by atoms with van der Waals surface area (Å²) in [5, 5.41) is 13.1. The molecule has 8 nitrogen and oxygen atoms in total. The average molecular weight is 570 g/mol. The maximum atomic E-state index is 12.3. The van der Waals surface area contributed by atoms with Gasteiger partial charge in [-0.15, -0.1) is 11.3 Å². The zero-order chi connectivity index (χ0) is 28.2. The van der Waals surface area contributed by atoms with Crippen LogP contribution >= 0.6 is 23.1 Å². The van der Waals surface area contributed by atoms with Crippen LogP contribution in [0.3, 0.4) is 0 Å². The second-order valence-corrected chi connectivity index (χ2v) is 13.4. The molecule has 3 aliphatic heterocycles. The van der Waals surface area contributed by atoms with Gasteiger partial charge in [-0.05, 0) is 77.9 Å². The highest BCUT2D eigenvalue weighted by molar-refractivity contribution is 8.04. The van der Waals surface area contributed by atoms with Crippen molar-refractivity contribution in [1.29, 1.82) is 5.26 Å². The molecule has 10 heteroatoms. The van der Waals surface area contributed by atoms with Crippen LogP contribution in [0.1, 0.15) is 62.5 Å². The van der Waals surface area contributed by atoms with Crippen molar-refractivity contribution in [3.05, 3.63) is 45.5 Å². The van der Waals surface area contributed by atoms with E-state index in [-0.39, 0.29) is 5.37 Å². The third kappa shape index (κ3) is 7.68. The summed E-state index contributed by atoms with van der Waals surface area (Å²) in [5.41, 5.74) is 1.72. The van der Waals surface area contributed by atoms with Crippen LogP contribution in [0.2, 0.25) is 0 Å². The highest BCUT2D eigenvalue weighted by Gasteiger charge is 2.29. The lowest BCUT2D eigenvalue weighted by Crippen LogP contribution is -2.35. The van der Waals surface area contributed by atoms with Gasteiger partial charge in [0.1, 0.15) is 27.8 Å². The third-order valence-electron chi connectivity index (χ3n) is 6.83. The van der Waals surface area contributed by atoms with E-state index in [1.165, 1.54) is 21.9 Å². The van der Waals surface area contributed by atoms with Crippen molar-refractivity contribution in [3.8, 4) is 6.07 Å². The fourth-order valence-electron chi connectivity index (χ4n) is 4.81. The van der Waals surface area contributed by atoms with E-state index in [1.807, 2.05) is 24.9 Å². The molecule has 4 heterocycles. The number of likely N-dealkylation sites (N-methyl/N-ethyl adjacent to an activating group) is 1.